The Bertz CT molecular complexity index is 269. The van der Waals surface area contributed by atoms with Crippen molar-refractivity contribution >= 4 is 5.91 Å². The molecule has 2 saturated heterocycles. The molecule has 1 amide bonds. The number of carbonyl (C=O) groups excluding carboxylic acids is 1. The van der Waals surface area contributed by atoms with Crippen LogP contribution in [0.15, 0.2) is 0 Å². The quantitative estimate of drug-likeness (QED) is 0.826. The maximum atomic E-state index is 12.2. The van der Waals surface area contributed by atoms with Crippen LogP contribution in [-0.2, 0) is 9.53 Å². The highest BCUT2D eigenvalue weighted by molar-refractivity contribution is 5.76. The summed E-state index contributed by atoms with van der Waals surface area (Å²) in [6.07, 6.45) is 7.78. The third kappa shape index (κ3) is 4.77. The normalized spacial score (nSPS) is 25.5. The summed E-state index contributed by atoms with van der Waals surface area (Å²) in [5, 5.41) is 3.23. The highest BCUT2D eigenvalue weighted by atomic mass is 16.5. The summed E-state index contributed by atoms with van der Waals surface area (Å²) in [7, 11) is 2.00. The molecule has 4 nitrogen and oxygen atoms in total. The number of nitrogens with one attached hydrogen (secondary N) is 1. The third-order valence-corrected chi connectivity index (χ3v) is 4.41. The minimum absolute atomic E-state index is 0.331. The summed E-state index contributed by atoms with van der Waals surface area (Å²) in [5.41, 5.74) is 0. The molecular formula is C15H28N2O2. The lowest BCUT2D eigenvalue weighted by atomic mass is 9.96. The first-order valence-electron chi connectivity index (χ1n) is 7.83. The van der Waals surface area contributed by atoms with E-state index in [1.165, 1.54) is 12.8 Å². The molecule has 0 spiro atoms. The molecule has 2 aliphatic rings. The fourth-order valence-electron chi connectivity index (χ4n) is 3.15. The van der Waals surface area contributed by atoms with E-state index in [1.54, 1.807) is 0 Å². The third-order valence-electron chi connectivity index (χ3n) is 4.41. The average molecular weight is 268 g/mol. The summed E-state index contributed by atoms with van der Waals surface area (Å²) in [4.78, 5) is 14.2. The van der Waals surface area contributed by atoms with Crippen molar-refractivity contribution in [3.8, 4) is 0 Å². The highest BCUT2D eigenvalue weighted by Gasteiger charge is 2.23. The number of carbonyl (C=O) groups is 1. The molecule has 19 heavy (non-hydrogen) atoms. The topological polar surface area (TPSA) is 41.6 Å². The molecule has 110 valence electrons. The Balaban J connectivity index is 1.63. The van der Waals surface area contributed by atoms with E-state index in [0.717, 1.165) is 57.8 Å². The van der Waals surface area contributed by atoms with Gasteiger partial charge in [-0.05, 0) is 58.0 Å². The number of amides is 1. The van der Waals surface area contributed by atoms with Crippen LogP contribution in [-0.4, -0.2) is 50.2 Å². The second kappa shape index (κ2) is 7.85. The van der Waals surface area contributed by atoms with E-state index in [4.69, 9.17) is 4.74 Å². The Morgan fingerprint density at radius 2 is 2.05 bits per heavy atom. The zero-order valence-electron chi connectivity index (χ0n) is 12.2. The Morgan fingerprint density at radius 3 is 2.68 bits per heavy atom. The van der Waals surface area contributed by atoms with Gasteiger partial charge < -0.3 is 15.0 Å². The SMILES string of the molecule is CNCC1CCN(C(=O)CCC2CCCCO2)CC1. The zero-order valence-corrected chi connectivity index (χ0v) is 12.2. The lowest BCUT2D eigenvalue weighted by Gasteiger charge is -2.32. The van der Waals surface area contributed by atoms with Crippen molar-refractivity contribution < 1.29 is 9.53 Å². The van der Waals surface area contributed by atoms with E-state index >= 15 is 0 Å². The molecule has 0 radical (unpaired) electrons. The van der Waals surface area contributed by atoms with E-state index in [1.807, 2.05) is 7.05 Å². The van der Waals surface area contributed by atoms with Crippen molar-refractivity contribution in [2.24, 2.45) is 5.92 Å². The Kier molecular flexibility index (Phi) is 6.11. The van der Waals surface area contributed by atoms with Gasteiger partial charge in [0.15, 0.2) is 0 Å². The maximum Gasteiger partial charge on any atom is 0.222 e. The predicted octanol–water partition coefficient (Wildman–Crippen LogP) is 1.79. The molecule has 0 aliphatic carbocycles. The largest absolute Gasteiger partial charge is 0.378 e. The molecule has 0 aromatic rings. The molecule has 4 heteroatoms. The standard InChI is InChI=1S/C15H28N2O2/c1-16-12-13-7-9-17(10-8-13)15(18)6-5-14-4-2-3-11-19-14/h13-14,16H,2-12H2,1H3. The van der Waals surface area contributed by atoms with Crippen molar-refractivity contribution in [3.05, 3.63) is 0 Å². The molecule has 0 saturated carbocycles. The number of hydrogen-bond acceptors (Lipinski definition) is 3. The maximum absolute atomic E-state index is 12.2. The van der Waals surface area contributed by atoms with Crippen LogP contribution in [0.2, 0.25) is 0 Å². The van der Waals surface area contributed by atoms with E-state index in [-0.39, 0.29) is 0 Å². The van der Waals surface area contributed by atoms with Gasteiger partial charge in [-0.2, -0.15) is 0 Å². The van der Waals surface area contributed by atoms with Gasteiger partial charge in [-0.3, -0.25) is 4.79 Å². The molecule has 2 rings (SSSR count). The summed E-state index contributed by atoms with van der Waals surface area (Å²) in [5.74, 6) is 1.08. The van der Waals surface area contributed by atoms with Crippen LogP contribution < -0.4 is 5.32 Å². The van der Waals surface area contributed by atoms with Gasteiger partial charge in [-0.1, -0.05) is 0 Å². The first-order chi connectivity index (χ1) is 9.29. The summed E-state index contributed by atoms with van der Waals surface area (Å²) < 4.78 is 5.69. The van der Waals surface area contributed by atoms with Crippen LogP contribution in [0.4, 0.5) is 0 Å². The van der Waals surface area contributed by atoms with Crippen LogP contribution in [0.3, 0.4) is 0 Å². The molecule has 2 heterocycles. The predicted molar refractivity (Wildman–Crippen MR) is 76.1 cm³/mol. The molecule has 0 aromatic carbocycles. The number of hydrogen-bond donors (Lipinski definition) is 1. The van der Waals surface area contributed by atoms with E-state index in [0.29, 0.717) is 18.4 Å². The van der Waals surface area contributed by atoms with Crippen molar-refractivity contribution in [1.29, 1.82) is 0 Å². The molecule has 1 unspecified atom stereocenters. The fourth-order valence-corrected chi connectivity index (χ4v) is 3.15. The molecule has 2 aliphatic heterocycles. The fraction of sp³-hybridized carbons (Fsp3) is 0.933. The molecule has 2 fully saturated rings. The van der Waals surface area contributed by atoms with Crippen molar-refractivity contribution in [1.82, 2.24) is 10.2 Å². The van der Waals surface area contributed by atoms with Gasteiger partial charge in [0.05, 0.1) is 6.10 Å². The Morgan fingerprint density at radius 1 is 1.26 bits per heavy atom. The van der Waals surface area contributed by atoms with Gasteiger partial charge in [0.2, 0.25) is 5.91 Å². The average Bonchev–Trinajstić information content (AvgIpc) is 2.47. The number of rotatable bonds is 5. The lowest BCUT2D eigenvalue weighted by molar-refractivity contribution is -0.133. The number of nitrogens with zero attached hydrogens (tertiary/aromatic N) is 1. The van der Waals surface area contributed by atoms with Crippen molar-refractivity contribution in [2.75, 3.05) is 33.3 Å². The van der Waals surface area contributed by atoms with Crippen LogP contribution in [0.25, 0.3) is 0 Å². The zero-order chi connectivity index (χ0) is 13.5. The van der Waals surface area contributed by atoms with Crippen LogP contribution in [0.1, 0.15) is 44.9 Å². The van der Waals surface area contributed by atoms with Crippen LogP contribution in [0, 0.1) is 5.92 Å². The van der Waals surface area contributed by atoms with Gasteiger partial charge >= 0.3 is 0 Å². The van der Waals surface area contributed by atoms with Gasteiger partial charge in [0.1, 0.15) is 0 Å². The van der Waals surface area contributed by atoms with Gasteiger partial charge in [-0.15, -0.1) is 0 Å². The smallest absolute Gasteiger partial charge is 0.222 e. The van der Waals surface area contributed by atoms with E-state index < -0.39 is 0 Å². The minimum atomic E-state index is 0.331. The molecule has 0 bridgehead atoms. The lowest BCUT2D eigenvalue weighted by Crippen LogP contribution is -2.40. The second-order valence-electron chi connectivity index (χ2n) is 5.91. The monoisotopic (exact) mass is 268 g/mol. The molecule has 1 atom stereocenters. The summed E-state index contributed by atoms with van der Waals surface area (Å²) in [6, 6.07) is 0. The Hall–Kier alpha value is -0.610. The summed E-state index contributed by atoms with van der Waals surface area (Å²) in [6.45, 7) is 3.85. The molecule has 1 N–H and O–H groups in total. The second-order valence-corrected chi connectivity index (χ2v) is 5.91. The van der Waals surface area contributed by atoms with Crippen molar-refractivity contribution in [2.45, 2.75) is 51.0 Å². The number of ether oxygens (including phenoxy) is 1. The number of piperidine rings is 1. The first-order valence-corrected chi connectivity index (χ1v) is 7.83. The number of likely N-dealkylation sites (tertiary alicyclic amines) is 1. The minimum Gasteiger partial charge on any atom is -0.378 e. The molecule has 0 aromatic heterocycles. The first kappa shape index (κ1) is 14.8. The van der Waals surface area contributed by atoms with Crippen LogP contribution >= 0.6 is 0 Å². The van der Waals surface area contributed by atoms with Crippen molar-refractivity contribution in [3.63, 3.8) is 0 Å². The van der Waals surface area contributed by atoms with Crippen LogP contribution in [0.5, 0.6) is 0 Å². The Labute approximate surface area is 116 Å². The molecular weight excluding hydrogens is 240 g/mol. The van der Waals surface area contributed by atoms with Gasteiger partial charge in [0, 0.05) is 26.1 Å². The highest BCUT2D eigenvalue weighted by Crippen LogP contribution is 2.20. The van der Waals surface area contributed by atoms with Gasteiger partial charge in [-0.25, -0.2) is 0 Å². The van der Waals surface area contributed by atoms with E-state index in [2.05, 4.69) is 10.2 Å². The van der Waals surface area contributed by atoms with Gasteiger partial charge in [0.25, 0.3) is 0 Å². The summed E-state index contributed by atoms with van der Waals surface area (Å²) >= 11 is 0. The van der Waals surface area contributed by atoms with E-state index in [9.17, 15) is 4.79 Å².